The molecule has 1 unspecified atom stereocenters. The summed E-state index contributed by atoms with van der Waals surface area (Å²) in [6.07, 6.45) is 21.9. The fourth-order valence-electron chi connectivity index (χ4n) is 4.63. The summed E-state index contributed by atoms with van der Waals surface area (Å²) < 4.78 is 5.17. The van der Waals surface area contributed by atoms with Crippen LogP contribution in [0.15, 0.2) is 41.2 Å². The smallest absolute Gasteiger partial charge is 0.303 e. The van der Waals surface area contributed by atoms with E-state index in [2.05, 4.69) is 17.1 Å². The Hall–Kier alpha value is -2.56. The highest BCUT2D eigenvalue weighted by molar-refractivity contribution is 5.86. The van der Waals surface area contributed by atoms with Crippen LogP contribution in [-0.2, 0) is 4.79 Å². The summed E-state index contributed by atoms with van der Waals surface area (Å²) in [6, 6.07) is 7.29. The number of aromatic amines is 1. The second-order valence-corrected chi connectivity index (χ2v) is 9.43. The van der Waals surface area contributed by atoms with Gasteiger partial charge in [0.25, 0.3) is 0 Å². The summed E-state index contributed by atoms with van der Waals surface area (Å²) >= 11 is 0. The summed E-state index contributed by atoms with van der Waals surface area (Å²) in [5.41, 5.74) is 1.63. The van der Waals surface area contributed by atoms with Crippen LogP contribution in [0.1, 0.15) is 95.5 Å². The molecule has 1 aromatic heterocycles. The van der Waals surface area contributed by atoms with Crippen LogP contribution in [0.5, 0.6) is 5.75 Å². The molecule has 2 aromatic rings. The number of hydrogen-bond donors (Lipinski definition) is 2. The average Bonchev–Trinajstić information content (AvgIpc) is 3.33. The standard InChI is InChI=1S/C18H32O2.C11H11NO2/c19-18(20)16-10-8-6-4-2-1-3-5-7-9-13-17-14-11-12-15-17;1-7-6-10(13)12-11-8(7)4-3-5-9(11)14-2/h11,14,17H,1-10,12-13,15-16H2,(H,19,20);3-6H,1-2H3,(H,12,13). The van der Waals surface area contributed by atoms with Crippen molar-refractivity contribution in [1.29, 1.82) is 0 Å². The number of rotatable bonds is 14. The van der Waals surface area contributed by atoms with Crippen LogP contribution in [0.2, 0.25) is 0 Å². The third-order valence-corrected chi connectivity index (χ3v) is 6.59. The topological polar surface area (TPSA) is 79.4 Å². The van der Waals surface area contributed by atoms with E-state index >= 15 is 0 Å². The van der Waals surface area contributed by atoms with Crippen LogP contribution in [0.3, 0.4) is 0 Å². The van der Waals surface area contributed by atoms with Gasteiger partial charge in [-0.3, -0.25) is 9.59 Å². The largest absolute Gasteiger partial charge is 0.495 e. The third-order valence-electron chi connectivity index (χ3n) is 6.59. The maximum absolute atomic E-state index is 11.3. The first-order chi connectivity index (χ1) is 16.5. The van der Waals surface area contributed by atoms with Crippen molar-refractivity contribution < 1.29 is 14.6 Å². The molecule has 2 N–H and O–H groups in total. The highest BCUT2D eigenvalue weighted by Crippen LogP contribution is 2.24. The molecule has 1 aliphatic carbocycles. The number of H-pyrrole nitrogens is 1. The number of carboxylic acid groups (broad SMARTS) is 1. The van der Waals surface area contributed by atoms with E-state index in [1.54, 1.807) is 13.2 Å². The quantitative estimate of drug-likeness (QED) is 0.221. The molecular weight excluding hydrogens is 426 g/mol. The second kappa shape index (κ2) is 16.1. The van der Waals surface area contributed by atoms with Gasteiger partial charge in [-0.15, -0.1) is 0 Å². The first-order valence-corrected chi connectivity index (χ1v) is 13.1. The van der Waals surface area contributed by atoms with E-state index in [0.29, 0.717) is 12.2 Å². The normalized spacial score (nSPS) is 14.7. The van der Waals surface area contributed by atoms with Gasteiger partial charge in [0.2, 0.25) is 5.56 Å². The Labute approximate surface area is 204 Å². The van der Waals surface area contributed by atoms with Gasteiger partial charge in [0.15, 0.2) is 0 Å². The summed E-state index contributed by atoms with van der Waals surface area (Å²) in [6.45, 7) is 1.91. The number of fused-ring (bicyclic) bond motifs is 1. The minimum absolute atomic E-state index is 0.0977. The van der Waals surface area contributed by atoms with Crippen molar-refractivity contribution >= 4 is 16.9 Å². The molecule has 34 heavy (non-hydrogen) atoms. The number of hydrogen-bond acceptors (Lipinski definition) is 3. The maximum Gasteiger partial charge on any atom is 0.303 e. The predicted molar refractivity (Wildman–Crippen MR) is 141 cm³/mol. The number of nitrogens with one attached hydrogen (secondary N) is 1. The number of methoxy groups -OCH3 is 1. The molecule has 0 saturated carbocycles. The molecule has 5 heteroatoms. The van der Waals surface area contributed by atoms with Crippen molar-refractivity contribution in [1.82, 2.24) is 4.98 Å². The lowest BCUT2D eigenvalue weighted by Gasteiger charge is -2.06. The third kappa shape index (κ3) is 10.6. The van der Waals surface area contributed by atoms with E-state index in [9.17, 15) is 9.59 Å². The molecule has 0 fully saturated rings. The zero-order chi connectivity index (χ0) is 24.6. The van der Waals surface area contributed by atoms with Crippen molar-refractivity contribution in [2.75, 3.05) is 7.11 Å². The minimum atomic E-state index is -0.655. The predicted octanol–water partition coefficient (Wildman–Crippen LogP) is 7.56. The Morgan fingerprint density at radius 1 is 1.03 bits per heavy atom. The van der Waals surface area contributed by atoms with Gasteiger partial charge in [0, 0.05) is 17.9 Å². The molecule has 0 spiro atoms. The first-order valence-electron chi connectivity index (χ1n) is 13.1. The van der Waals surface area contributed by atoms with Crippen molar-refractivity contribution in [2.24, 2.45) is 5.92 Å². The number of carboxylic acids is 1. The zero-order valence-electron chi connectivity index (χ0n) is 21.1. The first kappa shape index (κ1) is 27.7. The number of aryl methyl sites for hydroxylation is 1. The summed E-state index contributed by atoms with van der Waals surface area (Å²) in [4.78, 5) is 24.4. The SMILES string of the molecule is COc1cccc2c(C)cc(=O)[nH]c12.O=C(O)CCCCCCCCCCCCC1C=CCC1. The molecule has 0 aliphatic heterocycles. The Morgan fingerprint density at radius 2 is 1.68 bits per heavy atom. The Morgan fingerprint density at radius 3 is 2.26 bits per heavy atom. The van der Waals surface area contributed by atoms with Gasteiger partial charge in [-0.2, -0.15) is 0 Å². The van der Waals surface area contributed by atoms with Gasteiger partial charge in [0.05, 0.1) is 12.6 Å². The molecule has 3 rings (SSSR count). The monoisotopic (exact) mass is 469 g/mol. The van der Waals surface area contributed by atoms with Gasteiger partial charge < -0.3 is 14.8 Å². The van der Waals surface area contributed by atoms with E-state index in [1.807, 2.05) is 25.1 Å². The molecular formula is C29H43NO4. The maximum atomic E-state index is 11.3. The van der Waals surface area contributed by atoms with E-state index < -0.39 is 5.97 Å². The highest BCUT2D eigenvalue weighted by Gasteiger charge is 2.08. The molecule has 188 valence electrons. The fraction of sp³-hybridized carbons (Fsp3) is 0.586. The average molecular weight is 470 g/mol. The van der Waals surface area contributed by atoms with Crippen molar-refractivity contribution in [3.63, 3.8) is 0 Å². The Bertz CT molecular complexity index is 947. The van der Waals surface area contributed by atoms with Crippen LogP contribution in [0.25, 0.3) is 10.9 Å². The van der Waals surface area contributed by atoms with Crippen molar-refractivity contribution in [3.8, 4) is 5.75 Å². The fourth-order valence-corrected chi connectivity index (χ4v) is 4.63. The van der Waals surface area contributed by atoms with E-state index in [1.165, 1.54) is 70.6 Å². The highest BCUT2D eigenvalue weighted by atomic mass is 16.5. The number of aliphatic carboxylic acids is 1. The van der Waals surface area contributed by atoms with Gasteiger partial charge in [-0.05, 0) is 50.2 Å². The van der Waals surface area contributed by atoms with Crippen LogP contribution in [0, 0.1) is 12.8 Å². The van der Waals surface area contributed by atoms with Crippen molar-refractivity contribution in [3.05, 3.63) is 52.3 Å². The lowest BCUT2D eigenvalue weighted by atomic mass is 9.99. The van der Waals surface area contributed by atoms with E-state index in [0.717, 1.165) is 35.2 Å². The molecule has 5 nitrogen and oxygen atoms in total. The molecule has 1 aromatic carbocycles. The van der Waals surface area contributed by atoms with Gasteiger partial charge in [0.1, 0.15) is 5.75 Å². The lowest BCUT2D eigenvalue weighted by Crippen LogP contribution is -2.05. The van der Waals surface area contributed by atoms with Crippen LogP contribution in [-0.4, -0.2) is 23.2 Å². The Balaban J connectivity index is 0.000000254. The van der Waals surface area contributed by atoms with Crippen molar-refractivity contribution in [2.45, 2.75) is 96.8 Å². The minimum Gasteiger partial charge on any atom is -0.495 e. The summed E-state index contributed by atoms with van der Waals surface area (Å²) in [5, 5.41) is 9.54. The van der Waals surface area contributed by atoms with Gasteiger partial charge in [-0.1, -0.05) is 82.1 Å². The summed E-state index contributed by atoms with van der Waals surface area (Å²) in [7, 11) is 1.59. The molecule has 1 heterocycles. The molecule has 0 radical (unpaired) electrons. The molecule has 0 bridgehead atoms. The number of pyridine rings is 1. The molecule has 0 saturated heterocycles. The van der Waals surface area contributed by atoms with E-state index in [4.69, 9.17) is 9.84 Å². The molecule has 1 atom stereocenters. The molecule has 1 aliphatic rings. The Kier molecular flexibility index (Phi) is 13.1. The second-order valence-electron chi connectivity index (χ2n) is 9.43. The van der Waals surface area contributed by atoms with Crippen LogP contribution < -0.4 is 10.3 Å². The van der Waals surface area contributed by atoms with Crippen LogP contribution in [0.4, 0.5) is 0 Å². The summed E-state index contributed by atoms with van der Waals surface area (Å²) in [5.74, 6) is 0.933. The van der Waals surface area contributed by atoms with Gasteiger partial charge in [-0.25, -0.2) is 0 Å². The molecule has 0 amide bonds. The number of para-hydroxylation sites is 1. The lowest BCUT2D eigenvalue weighted by molar-refractivity contribution is -0.137. The number of carbonyl (C=O) groups is 1. The number of unbranched alkanes of at least 4 members (excludes halogenated alkanes) is 9. The number of ether oxygens (including phenoxy) is 1. The number of benzene rings is 1. The number of allylic oxidation sites excluding steroid dienone is 2. The zero-order valence-corrected chi connectivity index (χ0v) is 21.1. The van der Waals surface area contributed by atoms with Gasteiger partial charge >= 0.3 is 5.97 Å². The van der Waals surface area contributed by atoms with Crippen LogP contribution >= 0.6 is 0 Å². The van der Waals surface area contributed by atoms with E-state index in [-0.39, 0.29) is 5.56 Å². The number of aromatic nitrogens is 1.